The molecular weight excluding hydrogens is 414 g/mol. The molecule has 0 atom stereocenters. The lowest BCUT2D eigenvalue weighted by atomic mass is 10.2. The molecule has 1 amide bonds. The molecule has 1 aromatic carbocycles. The molecule has 2 aromatic heterocycles. The molecule has 3 rings (SSSR count). The topological polar surface area (TPSA) is 119 Å². The second kappa shape index (κ2) is 8.83. The number of fused-ring (bicyclic) bond motifs is 1. The van der Waals surface area contributed by atoms with Crippen molar-refractivity contribution in [3.05, 3.63) is 79.6 Å². The highest BCUT2D eigenvalue weighted by molar-refractivity contribution is 6.30. The molecule has 0 fully saturated rings. The van der Waals surface area contributed by atoms with Crippen LogP contribution in [0.2, 0.25) is 5.02 Å². The molecule has 2 N–H and O–H groups in total. The van der Waals surface area contributed by atoms with Gasteiger partial charge < -0.3 is 24.1 Å². The van der Waals surface area contributed by atoms with Gasteiger partial charge in [0.05, 0.1) is 13.2 Å². The van der Waals surface area contributed by atoms with E-state index in [0.29, 0.717) is 5.02 Å². The molecular formula is C20H18ClN3O6. The quantitative estimate of drug-likeness (QED) is 0.565. The molecule has 0 unspecified atom stereocenters. The molecule has 0 aliphatic carbocycles. The minimum atomic E-state index is -1.02. The lowest BCUT2D eigenvalue weighted by molar-refractivity contribution is -0.141. The number of ether oxygens (including phenoxy) is 1. The molecule has 0 saturated heterocycles. The van der Waals surface area contributed by atoms with Gasteiger partial charge in [-0.2, -0.15) is 0 Å². The van der Waals surface area contributed by atoms with Crippen molar-refractivity contribution in [1.29, 1.82) is 0 Å². The Kier molecular flexibility index (Phi) is 6.22. The number of carbonyl (C=O) groups excluding carboxylic acids is 2. The third kappa shape index (κ3) is 4.36. The molecule has 0 aliphatic heterocycles. The van der Waals surface area contributed by atoms with Gasteiger partial charge in [0.1, 0.15) is 12.1 Å². The van der Waals surface area contributed by atoms with Crippen LogP contribution in [0.25, 0.3) is 5.52 Å². The number of benzene rings is 1. The van der Waals surface area contributed by atoms with Crippen molar-refractivity contribution in [3.8, 4) is 5.75 Å². The molecule has 0 spiro atoms. The maximum atomic E-state index is 12.8. The maximum absolute atomic E-state index is 12.8. The largest absolute Gasteiger partial charge is 0.503 e. The van der Waals surface area contributed by atoms with Crippen molar-refractivity contribution >= 4 is 29.0 Å². The number of esters is 1. The average molecular weight is 432 g/mol. The summed E-state index contributed by atoms with van der Waals surface area (Å²) in [6.07, 6.45) is 4.02. The highest BCUT2D eigenvalue weighted by Crippen LogP contribution is 2.14. The molecule has 10 heteroatoms. The minimum absolute atomic E-state index is 0.148. The lowest BCUT2D eigenvalue weighted by Crippen LogP contribution is -2.34. The Morgan fingerprint density at radius 1 is 1.23 bits per heavy atom. The van der Waals surface area contributed by atoms with Crippen LogP contribution in [-0.4, -0.2) is 39.1 Å². The van der Waals surface area contributed by atoms with Crippen LogP contribution in [0.4, 0.5) is 0 Å². The fourth-order valence-corrected chi connectivity index (χ4v) is 3.10. The van der Waals surface area contributed by atoms with Crippen LogP contribution in [0.5, 0.6) is 5.75 Å². The number of amides is 1. The van der Waals surface area contributed by atoms with Crippen molar-refractivity contribution in [2.45, 2.75) is 13.5 Å². The van der Waals surface area contributed by atoms with E-state index in [9.17, 15) is 24.3 Å². The Morgan fingerprint density at radius 2 is 2.00 bits per heavy atom. The first kappa shape index (κ1) is 21.1. The van der Waals surface area contributed by atoms with E-state index in [0.717, 1.165) is 11.8 Å². The number of pyridine rings is 1. The number of hydrogen-bond donors (Lipinski definition) is 2. The van der Waals surface area contributed by atoms with E-state index >= 15 is 0 Å². The van der Waals surface area contributed by atoms with Crippen LogP contribution < -0.4 is 16.3 Å². The summed E-state index contributed by atoms with van der Waals surface area (Å²) in [6, 6.07) is 6.92. The van der Waals surface area contributed by atoms with Crippen molar-refractivity contribution in [2.75, 3.05) is 13.2 Å². The third-order valence-corrected chi connectivity index (χ3v) is 4.50. The van der Waals surface area contributed by atoms with Crippen LogP contribution >= 0.6 is 11.6 Å². The number of nitrogens with one attached hydrogen (secondary N) is 1. The number of halogens is 1. The highest BCUT2D eigenvalue weighted by atomic mass is 35.5. The van der Waals surface area contributed by atoms with E-state index in [-0.39, 0.29) is 18.7 Å². The smallest absolute Gasteiger partial charge is 0.325 e. The highest BCUT2D eigenvalue weighted by Gasteiger charge is 2.19. The number of aromatic hydroxyl groups is 1. The van der Waals surface area contributed by atoms with Gasteiger partial charge in [-0.3, -0.25) is 19.2 Å². The Labute approximate surface area is 175 Å². The average Bonchev–Trinajstić information content (AvgIpc) is 2.71. The molecule has 9 nitrogen and oxygen atoms in total. The van der Waals surface area contributed by atoms with E-state index in [2.05, 4.69) is 5.32 Å². The van der Waals surface area contributed by atoms with Crippen molar-refractivity contribution in [2.24, 2.45) is 0 Å². The van der Waals surface area contributed by atoms with Crippen LogP contribution in [0.1, 0.15) is 22.8 Å². The maximum Gasteiger partial charge on any atom is 0.325 e. The lowest BCUT2D eigenvalue weighted by Gasteiger charge is -2.11. The Bertz CT molecular complexity index is 1250. The summed E-state index contributed by atoms with van der Waals surface area (Å²) in [7, 11) is 0. The second-order valence-corrected chi connectivity index (χ2v) is 6.76. The SMILES string of the molecule is CCOC(=O)CNC(=O)c1cn2ccn(Cc3cccc(Cl)c3)c(=O)c2c(O)c1=O. The number of carbonyl (C=O) groups is 2. The summed E-state index contributed by atoms with van der Waals surface area (Å²) in [5.41, 5.74) is -1.57. The predicted octanol–water partition coefficient (Wildman–Crippen LogP) is 1.16. The monoisotopic (exact) mass is 431 g/mol. The van der Waals surface area contributed by atoms with Gasteiger partial charge >= 0.3 is 5.97 Å². The van der Waals surface area contributed by atoms with Crippen LogP contribution in [0.3, 0.4) is 0 Å². The number of nitrogens with zero attached hydrogens (tertiary/aromatic N) is 2. The third-order valence-electron chi connectivity index (χ3n) is 4.27. The van der Waals surface area contributed by atoms with Gasteiger partial charge in [0.25, 0.3) is 11.5 Å². The summed E-state index contributed by atoms with van der Waals surface area (Å²) >= 11 is 5.96. The van der Waals surface area contributed by atoms with Gasteiger partial charge in [-0.05, 0) is 24.6 Å². The standard InChI is InChI=1S/C20H18ClN3O6/c1-2-30-15(25)9-22-19(28)14-11-23-6-7-24(10-12-4-3-5-13(21)8-12)20(29)16(23)18(27)17(14)26/h3-8,11,27H,2,9-10H2,1H3,(H,22,28). The number of hydrogen-bond acceptors (Lipinski definition) is 6. The molecule has 30 heavy (non-hydrogen) atoms. The minimum Gasteiger partial charge on any atom is -0.503 e. The fraction of sp³-hybridized carbons (Fsp3) is 0.200. The predicted molar refractivity (Wildman–Crippen MR) is 109 cm³/mol. The van der Waals surface area contributed by atoms with Gasteiger partial charge in [-0.15, -0.1) is 0 Å². The summed E-state index contributed by atoms with van der Waals surface area (Å²) in [5, 5.41) is 13.1. The van der Waals surface area contributed by atoms with E-state index in [1.165, 1.54) is 21.4 Å². The van der Waals surface area contributed by atoms with Gasteiger partial charge in [-0.25, -0.2) is 0 Å². The van der Waals surface area contributed by atoms with E-state index < -0.39 is 40.7 Å². The molecule has 0 radical (unpaired) electrons. The van der Waals surface area contributed by atoms with Gasteiger partial charge in [-0.1, -0.05) is 23.7 Å². The summed E-state index contributed by atoms with van der Waals surface area (Å²) < 4.78 is 7.19. The zero-order valence-corrected chi connectivity index (χ0v) is 16.7. The number of aromatic nitrogens is 2. The first-order valence-corrected chi connectivity index (χ1v) is 9.35. The van der Waals surface area contributed by atoms with Crippen molar-refractivity contribution < 1.29 is 19.4 Å². The summed E-state index contributed by atoms with van der Waals surface area (Å²) in [5.74, 6) is -2.40. The molecule has 2 heterocycles. The Hall–Kier alpha value is -3.59. The fourth-order valence-electron chi connectivity index (χ4n) is 2.88. The first-order valence-electron chi connectivity index (χ1n) is 8.97. The first-order chi connectivity index (χ1) is 14.3. The van der Waals surface area contributed by atoms with Crippen LogP contribution in [0, 0.1) is 0 Å². The number of rotatable bonds is 6. The second-order valence-electron chi connectivity index (χ2n) is 6.33. The van der Waals surface area contributed by atoms with Gasteiger partial charge in [0.15, 0.2) is 11.3 Å². The molecule has 0 saturated carbocycles. The Morgan fingerprint density at radius 3 is 2.70 bits per heavy atom. The van der Waals surface area contributed by atoms with Crippen LogP contribution in [0.15, 0.2) is 52.4 Å². The molecule has 156 valence electrons. The summed E-state index contributed by atoms with van der Waals surface area (Å²) in [4.78, 5) is 48.9. The van der Waals surface area contributed by atoms with E-state index in [4.69, 9.17) is 16.3 Å². The van der Waals surface area contributed by atoms with E-state index in [1.54, 1.807) is 31.2 Å². The van der Waals surface area contributed by atoms with Gasteiger partial charge in [0.2, 0.25) is 5.43 Å². The van der Waals surface area contributed by atoms with Crippen molar-refractivity contribution in [3.63, 3.8) is 0 Å². The molecule has 0 bridgehead atoms. The summed E-state index contributed by atoms with van der Waals surface area (Å²) in [6.45, 7) is 1.50. The zero-order valence-electron chi connectivity index (χ0n) is 15.9. The molecule has 3 aromatic rings. The van der Waals surface area contributed by atoms with Crippen molar-refractivity contribution in [1.82, 2.24) is 14.3 Å². The van der Waals surface area contributed by atoms with E-state index in [1.807, 2.05) is 0 Å². The van der Waals surface area contributed by atoms with Gasteiger partial charge in [0, 0.05) is 23.6 Å². The zero-order chi connectivity index (χ0) is 21.8. The molecule has 0 aliphatic rings. The Balaban J connectivity index is 1.97. The normalized spacial score (nSPS) is 10.7. The van der Waals surface area contributed by atoms with Crippen LogP contribution in [-0.2, 0) is 16.1 Å².